The average Bonchev–Trinajstić information content (AvgIpc) is 2.64. The Hall–Kier alpha value is -2.87. The normalized spacial score (nSPS) is 11.1. The fourth-order valence-corrected chi connectivity index (χ4v) is 2.28. The van der Waals surface area contributed by atoms with E-state index in [-0.39, 0.29) is 35.7 Å². The van der Waals surface area contributed by atoms with E-state index in [2.05, 4.69) is 4.84 Å². The van der Waals surface area contributed by atoms with Crippen LogP contribution < -0.4 is 10.6 Å². The molecule has 0 heterocycles. The SMILES string of the molecule is CCC(=O)c1ccc(COc2cccc(C(F)(F)F)c2)cc1C(=O)ON. The van der Waals surface area contributed by atoms with Gasteiger partial charge in [0.05, 0.1) is 11.1 Å². The maximum atomic E-state index is 12.7. The van der Waals surface area contributed by atoms with Crippen LogP contribution in [0.2, 0.25) is 0 Å². The minimum atomic E-state index is -4.47. The van der Waals surface area contributed by atoms with Crippen molar-refractivity contribution in [3.63, 3.8) is 0 Å². The number of carbonyl (C=O) groups excluding carboxylic acids is 2. The highest BCUT2D eigenvalue weighted by Crippen LogP contribution is 2.31. The molecule has 0 fully saturated rings. The van der Waals surface area contributed by atoms with Crippen LogP contribution in [0.5, 0.6) is 5.75 Å². The van der Waals surface area contributed by atoms with Crippen LogP contribution in [0.25, 0.3) is 0 Å². The maximum absolute atomic E-state index is 12.7. The van der Waals surface area contributed by atoms with Crippen molar-refractivity contribution in [3.05, 3.63) is 64.7 Å². The smallest absolute Gasteiger partial charge is 0.416 e. The fourth-order valence-electron chi connectivity index (χ4n) is 2.28. The van der Waals surface area contributed by atoms with E-state index >= 15 is 0 Å². The van der Waals surface area contributed by atoms with Crippen molar-refractivity contribution in [3.8, 4) is 5.75 Å². The van der Waals surface area contributed by atoms with Crippen molar-refractivity contribution in [1.29, 1.82) is 0 Å². The lowest BCUT2D eigenvalue weighted by atomic mass is 9.99. The molecule has 5 nitrogen and oxygen atoms in total. The summed E-state index contributed by atoms with van der Waals surface area (Å²) in [4.78, 5) is 27.8. The van der Waals surface area contributed by atoms with Gasteiger partial charge in [-0.25, -0.2) is 4.79 Å². The van der Waals surface area contributed by atoms with Crippen LogP contribution >= 0.6 is 0 Å². The van der Waals surface area contributed by atoms with Crippen molar-refractivity contribution in [1.82, 2.24) is 0 Å². The van der Waals surface area contributed by atoms with Gasteiger partial charge in [-0.1, -0.05) is 25.1 Å². The largest absolute Gasteiger partial charge is 0.489 e. The highest BCUT2D eigenvalue weighted by molar-refractivity contribution is 6.06. The quantitative estimate of drug-likeness (QED) is 0.619. The number of ether oxygens (including phenoxy) is 1. The molecule has 0 amide bonds. The fraction of sp³-hybridized carbons (Fsp3) is 0.222. The predicted octanol–water partition coefficient (Wildman–Crippen LogP) is 3.91. The highest BCUT2D eigenvalue weighted by Gasteiger charge is 2.30. The number of benzene rings is 2. The molecule has 0 aliphatic heterocycles. The molecule has 2 aromatic rings. The Balaban J connectivity index is 2.23. The third kappa shape index (κ3) is 4.60. The molecule has 2 rings (SSSR count). The van der Waals surface area contributed by atoms with E-state index in [1.54, 1.807) is 13.0 Å². The van der Waals surface area contributed by atoms with Gasteiger partial charge < -0.3 is 9.57 Å². The van der Waals surface area contributed by atoms with E-state index < -0.39 is 17.7 Å². The zero-order chi connectivity index (χ0) is 19.3. The van der Waals surface area contributed by atoms with E-state index in [0.29, 0.717) is 5.56 Å². The van der Waals surface area contributed by atoms with E-state index in [1.807, 2.05) is 0 Å². The molecule has 0 radical (unpaired) electrons. The molecule has 0 aromatic heterocycles. The molecule has 2 N–H and O–H groups in total. The summed E-state index contributed by atoms with van der Waals surface area (Å²) >= 11 is 0. The van der Waals surface area contributed by atoms with Gasteiger partial charge in [-0.05, 0) is 29.8 Å². The van der Waals surface area contributed by atoms with Gasteiger partial charge in [-0.2, -0.15) is 19.1 Å². The molecule has 0 unspecified atom stereocenters. The summed E-state index contributed by atoms with van der Waals surface area (Å²) < 4.78 is 43.5. The molecule has 26 heavy (non-hydrogen) atoms. The summed E-state index contributed by atoms with van der Waals surface area (Å²) in [6, 6.07) is 8.79. The number of hydrogen-bond donors (Lipinski definition) is 1. The van der Waals surface area contributed by atoms with Gasteiger partial charge in [0.25, 0.3) is 0 Å². The van der Waals surface area contributed by atoms with Crippen molar-refractivity contribution in [2.45, 2.75) is 26.1 Å². The second kappa shape index (κ2) is 8.01. The Labute approximate surface area is 147 Å². The van der Waals surface area contributed by atoms with Crippen LogP contribution in [0.15, 0.2) is 42.5 Å². The van der Waals surface area contributed by atoms with Crippen molar-refractivity contribution in [2.75, 3.05) is 0 Å². The molecule has 0 aliphatic rings. The minimum Gasteiger partial charge on any atom is -0.489 e. The lowest BCUT2D eigenvalue weighted by Crippen LogP contribution is -2.15. The standard InChI is InChI=1S/C18H16F3NO4/c1-2-16(23)14-7-6-11(8-15(14)17(24)26-22)10-25-13-5-3-4-12(9-13)18(19,20)21/h3-9H,2,10,22H2,1H3. The number of rotatable bonds is 6. The van der Waals surface area contributed by atoms with Crippen molar-refractivity contribution >= 4 is 11.8 Å². The first-order valence-electron chi connectivity index (χ1n) is 7.63. The number of nitrogens with two attached hydrogens (primary N) is 1. The summed E-state index contributed by atoms with van der Waals surface area (Å²) in [6.07, 6.45) is -4.29. The van der Waals surface area contributed by atoms with E-state index in [0.717, 1.165) is 12.1 Å². The molecule has 0 aliphatic carbocycles. The lowest BCUT2D eigenvalue weighted by Gasteiger charge is -2.12. The van der Waals surface area contributed by atoms with Gasteiger partial charge in [0.1, 0.15) is 12.4 Å². The Morgan fingerprint density at radius 1 is 1.08 bits per heavy atom. The zero-order valence-electron chi connectivity index (χ0n) is 13.8. The third-order valence-electron chi connectivity index (χ3n) is 3.60. The zero-order valence-corrected chi connectivity index (χ0v) is 13.8. The third-order valence-corrected chi connectivity index (χ3v) is 3.60. The number of hydrogen-bond acceptors (Lipinski definition) is 5. The van der Waals surface area contributed by atoms with Crippen LogP contribution in [0.3, 0.4) is 0 Å². The Bertz CT molecular complexity index is 818. The monoisotopic (exact) mass is 367 g/mol. The van der Waals surface area contributed by atoms with Crippen molar-refractivity contribution < 1.29 is 32.3 Å². The van der Waals surface area contributed by atoms with Crippen LogP contribution in [0.1, 0.15) is 45.2 Å². The van der Waals surface area contributed by atoms with Gasteiger partial charge in [-0.3, -0.25) is 4.79 Å². The van der Waals surface area contributed by atoms with Gasteiger partial charge >= 0.3 is 12.1 Å². The van der Waals surface area contributed by atoms with E-state index in [1.165, 1.54) is 24.3 Å². The van der Waals surface area contributed by atoms with E-state index in [9.17, 15) is 22.8 Å². The second-order valence-corrected chi connectivity index (χ2v) is 5.38. The molecule has 138 valence electrons. The lowest BCUT2D eigenvalue weighted by molar-refractivity contribution is -0.137. The van der Waals surface area contributed by atoms with Gasteiger partial charge in [0.2, 0.25) is 0 Å². The minimum absolute atomic E-state index is 0.0236. The molecular weight excluding hydrogens is 351 g/mol. The molecule has 8 heteroatoms. The van der Waals surface area contributed by atoms with Gasteiger partial charge in [0, 0.05) is 12.0 Å². The Morgan fingerprint density at radius 3 is 2.42 bits per heavy atom. The molecule has 0 spiro atoms. The summed E-state index contributed by atoms with van der Waals surface area (Å²) in [5.74, 6) is 3.76. The van der Waals surface area contributed by atoms with Crippen LogP contribution in [-0.4, -0.2) is 11.8 Å². The first-order valence-corrected chi connectivity index (χ1v) is 7.63. The Kier molecular flexibility index (Phi) is 5.99. The first kappa shape index (κ1) is 19.5. The molecule has 2 aromatic carbocycles. The molecule has 0 atom stereocenters. The van der Waals surface area contributed by atoms with Crippen molar-refractivity contribution in [2.24, 2.45) is 5.90 Å². The van der Waals surface area contributed by atoms with Gasteiger partial charge in [-0.15, -0.1) is 0 Å². The topological polar surface area (TPSA) is 78.6 Å². The molecule has 0 saturated heterocycles. The summed E-state index contributed by atoms with van der Waals surface area (Å²) in [5.41, 5.74) is -0.225. The van der Waals surface area contributed by atoms with Crippen LogP contribution in [-0.2, 0) is 17.6 Å². The number of alkyl halides is 3. The summed E-state index contributed by atoms with van der Waals surface area (Å²) in [7, 11) is 0. The maximum Gasteiger partial charge on any atom is 0.416 e. The van der Waals surface area contributed by atoms with Gasteiger partial charge in [0.15, 0.2) is 5.78 Å². The summed E-state index contributed by atoms with van der Waals surface area (Å²) in [6.45, 7) is 1.54. The molecule has 0 saturated carbocycles. The van der Waals surface area contributed by atoms with Crippen LogP contribution in [0, 0.1) is 0 Å². The number of Topliss-reactive ketones (excluding diaryl/α,β-unsaturated/α-hetero) is 1. The molecule has 0 bridgehead atoms. The second-order valence-electron chi connectivity index (χ2n) is 5.38. The van der Waals surface area contributed by atoms with Crippen LogP contribution in [0.4, 0.5) is 13.2 Å². The Morgan fingerprint density at radius 2 is 1.81 bits per heavy atom. The average molecular weight is 367 g/mol. The number of ketones is 1. The first-order chi connectivity index (χ1) is 12.3. The van der Waals surface area contributed by atoms with E-state index in [4.69, 9.17) is 10.6 Å². The highest BCUT2D eigenvalue weighted by atomic mass is 19.4. The number of carbonyl (C=O) groups is 2. The molecular formula is C18H16F3NO4. The number of halogens is 3. The summed E-state index contributed by atoms with van der Waals surface area (Å²) in [5, 5.41) is 0. The predicted molar refractivity (Wildman–Crippen MR) is 86.4 cm³/mol.